The van der Waals surface area contributed by atoms with Crippen molar-refractivity contribution in [2.75, 3.05) is 0 Å². The number of para-hydroxylation sites is 2. The van der Waals surface area contributed by atoms with E-state index < -0.39 is 0 Å². The van der Waals surface area contributed by atoms with Crippen LogP contribution in [-0.2, 0) is 0 Å². The third-order valence-corrected chi connectivity index (χ3v) is 13.3. The van der Waals surface area contributed by atoms with E-state index in [4.69, 9.17) is 19.4 Å². The van der Waals surface area contributed by atoms with Crippen molar-refractivity contribution in [2.24, 2.45) is 0 Å². The smallest absolute Gasteiger partial charge is 0.165 e. The van der Waals surface area contributed by atoms with Gasteiger partial charge in [0.05, 0.1) is 16.7 Å². The van der Waals surface area contributed by atoms with Crippen LogP contribution in [0.25, 0.3) is 126 Å². The monoisotopic (exact) mass is 796 g/mol. The molecule has 6 heteroatoms. The molecule has 0 bridgehead atoms. The summed E-state index contributed by atoms with van der Waals surface area (Å²) in [5.41, 5.74) is 9.95. The molecule has 0 unspecified atom stereocenters. The van der Waals surface area contributed by atoms with E-state index in [1.807, 2.05) is 30.3 Å². The molecule has 0 radical (unpaired) electrons. The first kappa shape index (κ1) is 34.0. The number of fused-ring (bicyclic) bond motifs is 10. The fraction of sp³-hybridized carbons (Fsp3) is 0. The molecule has 0 N–H and O–H groups in total. The maximum absolute atomic E-state index is 6.50. The summed E-state index contributed by atoms with van der Waals surface area (Å²) in [4.78, 5) is 15.8. The average molecular weight is 797 g/mol. The molecule has 0 aliphatic heterocycles. The van der Waals surface area contributed by atoms with E-state index in [-0.39, 0.29) is 0 Å². The van der Waals surface area contributed by atoms with Crippen LogP contribution >= 0.6 is 11.3 Å². The van der Waals surface area contributed by atoms with Gasteiger partial charge in [-0.3, -0.25) is 0 Å². The molecular formula is C55H32N4OS. The van der Waals surface area contributed by atoms with Gasteiger partial charge in [0.25, 0.3) is 0 Å². The minimum absolute atomic E-state index is 0.604. The maximum atomic E-state index is 6.50. The number of hydrogen-bond acceptors (Lipinski definition) is 5. The molecule has 0 saturated carbocycles. The lowest BCUT2D eigenvalue weighted by molar-refractivity contribution is 0.669. The standard InChI is InChI=1S/C55H32N4OS/c1-2-14-33(15-3-1)53-56-54(58-55(57-53)42-23-12-22-40-38-19-8-11-27-50(38)61-52(40)42)36-28-29-46(44(31-36)39-21-13-26-49-51(39)41-20-7-10-25-48(41)60-49)59-45-24-9-6-18-37(45)43-30-34-16-4-5-17-35(34)32-47(43)59/h1-32H. The molecule has 0 atom stereocenters. The van der Waals surface area contributed by atoms with E-state index in [1.54, 1.807) is 11.3 Å². The van der Waals surface area contributed by atoms with Crippen LogP contribution in [0.15, 0.2) is 199 Å². The molecule has 0 amide bonds. The van der Waals surface area contributed by atoms with Crippen molar-refractivity contribution in [2.45, 2.75) is 0 Å². The van der Waals surface area contributed by atoms with Gasteiger partial charge in [-0.25, -0.2) is 15.0 Å². The van der Waals surface area contributed by atoms with Crippen LogP contribution in [0.4, 0.5) is 0 Å². The Hall–Kier alpha value is -7.93. The van der Waals surface area contributed by atoms with Gasteiger partial charge in [-0.1, -0.05) is 133 Å². The fourth-order valence-electron chi connectivity index (χ4n) is 9.26. The van der Waals surface area contributed by atoms with Crippen molar-refractivity contribution >= 4 is 86.0 Å². The Bertz CT molecular complexity index is 3900. The highest BCUT2D eigenvalue weighted by Crippen LogP contribution is 2.44. The highest BCUT2D eigenvalue weighted by Gasteiger charge is 2.22. The van der Waals surface area contributed by atoms with Crippen LogP contribution in [0, 0.1) is 0 Å². The normalized spacial score (nSPS) is 11.9. The molecule has 284 valence electrons. The molecule has 9 aromatic carbocycles. The zero-order chi connectivity index (χ0) is 40.0. The van der Waals surface area contributed by atoms with Crippen molar-refractivity contribution in [1.29, 1.82) is 0 Å². The van der Waals surface area contributed by atoms with E-state index in [2.05, 4.69) is 168 Å². The zero-order valence-electron chi connectivity index (χ0n) is 32.6. The lowest BCUT2D eigenvalue weighted by atomic mass is 9.95. The zero-order valence-corrected chi connectivity index (χ0v) is 33.4. The van der Waals surface area contributed by atoms with Gasteiger partial charge in [0, 0.05) is 64.0 Å². The molecule has 0 fully saturated rings. The van der Waals surface area contributed by atoms with Crippen molar-refractivity contribution < 1.29 is 4.42 Å². The number of hydrogen-bond donors (Lipinski definition) is 0. The summed E-state index contributed by atoms with van der Waals surface area (Å²) in [6.07, 6.45) is 0. The van der Waals surface area contributed by atoms with Crippen molar-refractivity contribution in [3.8, 4) is 51.0 Å². The average Bonchev–Trinajstić information content (AvgIpc) is 4.00. The summed E-state index contributed by atoms with van der Waals surface area (Å²) in [6, 6.07) is 68.6. The molecule has 0 aliphatic rings. The number of thiophene rings is 1. The van der Waals surface area contributed by atoms with Crippen molar-refractivity contribution in [3.63, 3.8) is 0 Å². The summed E-state index contributed by atoms with van der Waals surface area (Å²) >= 11 is 1.78. The number of furan rings is 1. The lowest BCUT2D eigenvalue weighted by Gasteiger charge is -2.17. The van der Waals surface area contributed by atoms with E-state index in [1.165, 1.54) is 37.0 Å². The van der Waals surface area contributed by atoms with Crippen LogP contribution in [0.3, 0.4) is 0 Å². The van der Waals surface area contributed by atoms with Gasteiger partial charge < -0.3 is 8.98 Å². The Labute approximate surface area is 353 Å². The van der Waals surface area contributed by atoms with E-state index in [9.17, 15) is 0 Å². The second-order valence-corrected chi connectivity index (χ2v) is 16.6. The highest BCUT2D eigenvalue weighted by atomic mass is 32.1. The summed E-state index contributed by atoms with van der Waals surface area (Å²) in [7, 11) is 0. The minimum atomic E-state index is 0.604. The first-order valence-electron chi connectivity index (χ1n) is 20.4. The van der Waals surface area contributed by atoms with Gasteiger partial charge in [-0.05, 0) is 77.0 Å². The summed E-state index contributed by atoms with van der Waals surface area (Å²) in [5.74, 6) is 1.87. The second kappa shape index (κ2) is 13.3. The number of rotatable bonds is 5. The molecular weight excluding hydrogens is 765 g/mol. The fourth-order valence-corrected chi connectivity index (χ4v) is 10.5. The van der Waals surface area contributed by atoms with Crippen molar-refractivity contribution in [3.05, 3.63) is 194 Å². The molecule has 61 heavy (non-hydrogen) atoms. The third kappa shape index (κ3) is 5.29. The van der Waals surface area contributed by atoms with Gasteiger partial charge in [0.15, 0.2) is 17.5 Å². The van der Waals surface area contributed by atoms with Gasteiger partial charge >= 0.3 is 0 Å². The second-order valence-electron chi connectivity index (χ2n) is 15.5. The predicted molar refractivity (Wildman–Crippen MR) is 254 cm³/mol. The van der Waals surface area contributed by atoms with E-state index in [0.29, 0.717) is 17.5 Å². The molecule has 13 aromatic rings. The minimum Gasteiger partial charge on any atom is -0.456 e. The Balaban J connectivity index is 1.11. The third-order valence-electron chi connectivity index (χ3n) is 12.0. The number of nitrogens with zero attached hydrogens (tertiary/aromatic N) is 4. The lowest BCUT2D eigenvalue weighted by Crippen LogP contribution is -2.02. The molecule has 13 rings (SSSR count). The van der Waals surface area contributed by atoms with Crippen LogP contribution in [0.5, 0.6) is 0 Å². The molecule has 4 heterocycles. The maximum Gasteiger partial charge on any atom is 0.165 e. The Morgan fingerprint density at radius 3 is 1.93 bits per heavy atom. The highest BCUT2D eigenvalue weighted by molar-refractivity contribution is 7.26. The Morgan fingerprint density at radius 2 is 1.05 bits per heavy atom. The largest absolute Gasteiger partial charge is 0.456 e. The van der Waals surface area contributed by atoms with Crippen LogP contribution in [0.1, 0.15) is 0 Å². The van der Waals surface area contributed by atoms with Crippen molar-refractivity contribution in [1.82, 2.24) is 19.5 Å². The number of benzene rings is 9. The van der Waals surface area contributed by atoms with Crippen LogP contribution in [0.2, 0.25) is 0 Å². The van der Waals surface area contributed by atoms with E-state index >= 15 is 0 Å². The predicted octanol–water partition coefficient (Wildman–Crippen LogP) is 15.1. The SMILES string of the molecule is c1ccc(-c2nc(-c3ccc(-n4c5ccccc5c5cc6ccccc6cc54)c(-c4cccc5oc6ccccc6c45)c3)nc(-c3cccc4c3sc3ccccc34)n2)cc1. The van der Waals surface area contributed by atoms with Gasteiger partial charge in [-0.15, -0.1) is 11.3 Å². The van der Waals surface area contributed by atoms with Crippen LogP contribution < -0.4 is 0 Å². The quantitative estimate of drug-likeness (QED) is 0.174. The molecule has 0 aliphatic carbocycles. The topological polar surface area (TPSA) is 56.7 Å². The molecule has 4 aromatic heterocycles. The first-order chi connectivity index (χ1) is 30.2. The van der Waals surface area contributed by atoms with Crippen LogP contribution in [-0.4, -0.2) is 19.5 Å². The summed E-state index contributed by atoms with van der Waals surface area (Å²) in [6.45, 7) is 0. The van der Waals surface area contributed by atoms with Gasteiger partial charge in [0.1, 0.15) is 11.2 Å². The molecule has 0 spiro atoms. The van der Waals surface area contributed by atoms with E-state index in [0.717, 1.165) is 71.2 Å². The summed E-state index contributed by atoms with van der Waals surface area (Å²) < 4.78 is 11.3. The van der Waals surface area contributed by atoms with Gasteiger partial charge in [-0.2, -0.15) is 0 Å². The Kier molecular flexibility index (Phi) is 7.41. The first-order valence-corrected chi connectivity index (χ1v) is 21.2. The summed E-state index contributed by atoms with van der Waals surface area (Å²) in [5, 5.41) is 9.41. The molecule has 0 saturated heterocycles. The Morgan fingerprint density at radius 1 is 0.393 bits per heavy atom. The molecule has 5 nitrogen and oxygen atoms in total. The number of aromatic nitrogens is 4. The van der Waals surface area contributed by atoms with Gasteiger partial charge in [0.2, 0.25) is 0 Å².